The number of carbonyl (C=O) groups is 2. The smallest absolute Gasteiger partial charge is 0.306 e. The average molecular weight is 705 g/mol. The third-order valence-electron chi connectivity index (χ3n) is 9.75. The van der Waals surface area contributed by atoms with Crippen molar-refractivity contribution < 1.29 is 24.2 Å². The van der Waals surface area contributed by atoms with E-state index in [2.05, 4.69) is 38.2 Å². The Kier molecular flexibility index (Phi) is 40.4. The highest BCUT2D eigenvalue weighted by atomic mass is 16.6. The Balaban J connectivity index is 3.50. The fourth-order valence-corrected chi connectivity index (χ4v) is 6.41. The Labute approximate surface area is 311 Å². The molecule has 0 saturated carbocycles. The Bertz CT molecular complexity index is 761. The van der Waals surface area contributed by atoms with Crippen molar-refractivity contribution in [3.05, 3.63) is 24.3 Å². The average Bonchev–Trinajstić information content (AvgIpc) is 3.12. The van der Waals surface area contributed by atoms with Crippen molar-refractivity contribution in [1.82, 2.24) is 0 Å². The molecule has 0 aromatic carbocycles. The zero-order valence-corrected chi connectivity index (χ0v) is 33.4. The minimum absolute atomic E-state index is 0.0626. The SMILES string of the molecule is CCCCC/C=C/C/C=C/CCCCCCCCCCCC(=O)O[C@@H](CO)COC(=O)CCCCCCCCCCCCCCCCCCC. The van der Waals surface area contributed by atoms with Gasteiger partial charge >= 0.3 is 11.9 Å². The summed E-state index contributed by atoms with van der Waals surface area (Å²) in [6.45, 7) is 4.13. The van der Waals surface area contributed by atoms with Crippen LogP contribution in [0, 0.1) is 0 Å². The number of aliphatic hydroxyl groups is 1. The molecule has 50 heavy (non-hydrogen) atoms. The number of unbranched alkanes of at least 4 members (excludes halogenated alkanes) is 28. The van der Waals surface area contributed by atoms with Crippen molar-refractivity contribution in [2.45, 2.75) is 238 Å². The highest BCUT2D eigenvalue weighted by molar-refractivity contribution is 5.70. The molecule has 5 nitrogen and oxygen atoms in total. The molecule has 0 heterocycles. The van der Waals surface area contributed by atoms with Crippen LogP contribution in [0.15, 0.2) is 24.3 Å². The molecule has 0 aliphatic heterocycles. The van der Waals surface area contributed by atoms with Crippen molar-refractivity contribution in [2.24, 2.45) is 0 Å². The predicted molar refractivity (Wildman–Crippen MR) is 215 cm³/mol. The monoisotopic (exact) mass is 705 g/mol. The molecule has 5 heteroatoms. The zero-order valence-electron chi connectivity index (χ0n) is 33.4. The van der Waals surface area contributed by atoms with Crippen LogP contribution < -0.4 is 0 Å². The van der Waals surface area contributed by atoms with Gasteiger partial charge in [-0.2, -0.15) is 0 Å². The molecule has 294 valence electrons. The second kappa shape index (κ2) is 41.8. The topological polar surface area (TPSA) is 72.8 Å². The van der Waals surface area contributed by atoms with E-state index >= 15 is 0 Å². The zero-order chi connectivity index (χ0) is 36.4. The van der Waals surface area contributed by atoms with Gasteiger partial charge in [-0.25, -0.2) is 0 Å². The molecule has 0 rings (SSSR count). The molecular formula is C45H84O5. The molecule has 1 N–H and O–H groups in total. The molecule has 1 atom stereocenters. The molecule has 0 saturated heterocycles. The third-order valence-corrected chi connectivity index (χ3v) is 9.75. The van der Waals surface area contributed by atoms with E-state index in [9.17, 15) is 14.7 Å². The van der Waals surface area contributed by atoms with Crippen LogP contribution >= 0.6 is 0 Å². The first-order chi connectivity index (χ1) is 24.6. The molecule has 0 amide bonds. The van der Waals surface area contributed by atoms with E-state index < -0.39 is 6.10 Å². The van der Waals surface area contributed by atoms with Gasteiger partial charge in [0, 0.05) is 12.8 Å². The van der Waals surface area contributed by atoms with Crippen LogP contribution in [0.4, 0.5) is 0 Å². The molecular weight excluding hydrogens is 620 g/mol. The van der Waals surface area contributed by atoms with Crippen LogP contribution in [-0.2, 0) is 19.1 Å². The van der Waals surface area contributed by atoms with Gasteiger partial charge in [0.1, 0.15) is 6.61 Å². The summed E-state index contributed by atoms with van der Waals surface area (Å²) < 4.78 is 10.6. The number of allylic oxidation sites excluding steroid dienone is 4. The lowest BCUT2D eigenvalue weighted by molar-refractivity contribution is -0.161. The van der Waals surface area contributed by atoms with Gasteiger partial charge in [-0.1, -0.05) is 199 Å². The van der Waals surface area contributed by atoms with E-state index in [1.165, 1.54) is 161 Å². The second-order valence-electron chi connectivity index (χ2n) is 14.8. The Morgan fingerprint density at radius 2 is 0.800 bits per heavy atom. The first kappa shape index (κ1) is 48.4. The summed E-state index contributed by atoms with van der Waals surface area (Å²) in [7, 11) is 0. The maximum Gasteiger partial charge on any atom is 0.306 e. The van der Waals surface area contributed by atoms with Crippen molar-refractivity contribution in [2.75, 3.05) is 13.2 Å². The molecule has 0 aliphatic carbocycles. The lowest BCUT2D eigenvalue weighted by atomic mass is 10.0. The number of aliphatic hydroxyl groups excluding tert-OH is 1. The van der Waals surface area contributed by atoms with Crippen LogP contribution in [0.5, 0.6) is 0 Å². The summed E-state index contributed by atoms with van der Waals surface area (Å²) in [5, 5.41) is 9.58. The Morgan fingerprint density at radius 1 is 0.460 bits per heavy atom. The minimum Gasteiger partial charge on any atom is -0.462 e. The summed E-state index contributed by atoms with van der Waals surface area (Å²) >= 11 is 0. The Hall–Kier alpha value is -1.62. The maximum absolute atomic E-state index is 12.2. The van der Waals surface area contributed by atoms with Crippen molar-refractivity contribution >= 4 is 11.9 Å². The molecule has 0 spiro atoms. The van der Waals surface area contributed by atoms with E-state index in [1.807, 2.05) is 0 Å². The highest BCUT2D eigenvalue weighted by Crippen LogP contribution is 2.15. The van der Waals surface area contributed by atoms with Crippen LogP contribution in [0.25, 0.3) is 0 Å². The lowest BCUT2D eigenvalue weighted by Crippen LogP contribution is -2.28. The fourth-order valence-electron chi connectivity index (χ4n) is 6.41. The van der Waals surface area contributed by atoms with Gasteiger partial charge in [-0.3, -0.25) is 9.59 Å². The van der Waals surface area contributed by atoms with Crippen molar-refractivity contribution in [1.29, 1.82) is 0 Å². The Morgan fingerprint density at radius 3 is 1.22 bits per heavy atom. The number of ether oxygens (including phenoxy) is 2. The maximum atomic E-state index is 12.2. The highest BCUT2D eigenvalue weighted by Gasteiger charge is 2.16. The van der Waals surface area contributed by atoms with Gasteiger partial charge in [0.25, 0.3) is 0 Å². The fraction of sp³-hybridized carbons (Fsp3) is 0.867. The van der Waals surface area contributed by atoms with E-state index in [0.29, 0.717) is 12.8 Å². The molecule has 0 fully saturated rings. The first-order valence-electron chi connectivity index (χ1n) is 21.9. The molecule has 0 bridgehead atoms. The van der Waals surface area contributed by atoms with Crippen molar-refractivity contribution in [3.8, 4) is 0 Å². The second-order valence-corrected chi connectivity index (χ2v) is 14.8. The van der Waals surface area contributed by atoms with Gasteiger partial charge in [0.05, 0.1) is 6.61 Å². The number of hydrogen-bond acceptors (Lipinski definition) is 5. The molecule has 0 aromatic heterocycles. The minimum atomic E-state index is -0.769. The molecule has 0 radical (unpaired) electrons. The van der Waals surface area contributed by atoms with Gasteiger partial charge in [0.2, 0.25) is 0 Å². The first-order valence-corrected chi connectivity index (χ1v) is 21.9. The van der Waals surface area contributed by atoms with Crippen LogP contribution in [0.2, 0.25) is 0 Å². The van der Waals surface area contributed by atoms with Gasteiger partial charge in [-0.05, 0) is 44.9 Å². The van der Waals surface area contributed by atoms with Crippen LogP contribution in [-0.4, -0.2) is 36.4 Å². The normalized spacial score (nSPS) is 12.3. The van der Waals surface area contributed by atoms with E-state index in [-0.39, 0.29) is 25.2 Å². The number of hydrogen-bond donors (Lipinski definition) is 1. The van der Waals surface area contributed by atoms with Gasteiger partial charge in [0.15, 0.2) is 6.10 Å². The molecule has 0 aromatic rings. The summed E-state index contributed by atoms with van der Waals surface area (Å²) in [4.78, 5) is 24.3. The van der Waals surface area contributed by atoms with Crippen molar-refractivity contribution in [3.63, 3.8) is 0 Å². The summed E-state index contributed by atoms with van der Waals surface area (Å²) in [5.74, 6) is -0.584. The summed E-state index contributed by atoms with van der Waals surface area (Å²) in [5.41, 5.74) is 0. The summed E-state index contributed by atoms with van der Waals surface area (Å²) in [6.07, 6.45) is 49.6. The number of rotatable bonds is 40. The van der Waals surface area contributed by atoms with E-state index in [1.54, 1.807) is 0 Å². The third kappa shape index (κ3) is 39.2. The van der Waals surface area contributed by atoms with Gasteiger partial charge < -0.3 is 14.6 Å². The quantitative estimate of drug-likeness (QED) is 0.0390. The van der Waals surface area contributed by atoms with Crippen LogP contribution in [0.1, 0.15) is 232 Å². The largest absolute Gasteiger partial charge is 0.462 e. The van der Waals surface area contributed by atoms with E-state index in [0.717, 1.165) is 44.9 Å². The molecule has 0 aliphatic rings. The molecule has 0 unspecified atom stereocenters. The van der Waals surface area contributed by atoms with Crippen LogP contribution in [0.3, 0.4) is 0 Å². The van der Waals surface area contributed by atoms with E-state index in [4.69, 9.17) is 9.47 Å². The summed E-state index contributed by atoms with van der Waals surface area (Å²) in [6, 6.07) is 0. The van der Waals surface area contributed by atoms with Gasteiger partial charge in [-0.15, -0.1) is 0 Å². The predicted octanol–water partition coefficient (Wildman–Crippen LogP) is 13.8. The number of esters is 2. The number of carbonyl (C=O) groups excluding carboxylic acids is 2. The lowest BCUT2D eigenvalue weighted by Gasteiger charge is -2.15. The standard InChI is InChI=1S/C45H84O5/c1-3-5-7-9-11-13-15-17-19-21-22-24-26-28-30-32-34-36-38-40-45(48)50-43(41-46)42-49-44(47)39-37-35-33-31-29-27-25-23-20-18-16-14-12-10-8-6-4-2/h11,13,17,19,43,46H,3-10,12,14-16,18,20-42H2,1-2H3/b13-11+,19-17+/t43-/m0/s1.